The Balaban J connectivity index is 1.88. The lowest BCUT2D eigenvalue weighted by Crippen LogP contribution is -2.12. The van der Waals surface area contributed by atoms with Crippen molar-refractivity contribution in [1.29, 1.82) is 0 Å². The highest BCUT2D eigenvalue weighted by atomic mass is 16.6. The van der Waals surface area contributed by atoms with Crippen molar-refractivity contribution in [2.24, 2.45) is 0 Å². The van der Waals surface area contributed by atoms with Gasteiger partial charge < -0.3 is 9.73 Å². The number of hydrogen-bond acceptors (Lipinski definition) is 4. The van der Waals surface area contributed by atoms with Gasteiger partial charge in [-0.2, -0.15) is 0 Å². The maximum absolute atomic E-state index is 10.7. The molecule has 0 aliphatic carbocycles. The summed E-state index contributed by atoms with van der Waals surface area (Å²) in [5.74, 6) is 1.84. The van der Waals surface area contributed by atoms with Gasteiger partial charge in [0.25, 0.3) is 5.69 Å². The van der Waals surface area contributed by atoms with Gasteiger partial charge in [-0.15, -0.1) is 0 Å². The molecule has 1 aromatic heterocycles. The third-order valence-corrected chi connectivity index (χ3v) is 2.82. The van der Waals surface area contributed by atoms with E-state index in [0.29, 0.717) is 13.1 Å². The number of nitrogens with zero attached hydrogens (tertiary/aromatic N) is 1. The summed E-state index contributed by atoms with van der Waals surface area (Å²) in [5.41, 5.74) is 1.00. The minimum absolute atomic E-state index is 0.116. The Kier molecular flexibility index (Phi) is 4.30. The fraction of sp³-hybridized carbons (Fsp3) is 0.286. The van der Waals surface area contributed by atoms with Crippen molar-refractivity contribution in [3.63, 3.8) is 0 Å². The van der Waals surface area contributed by atoms with E-state index in [4.69, 9.17) is 4.42 Å². The Hall–Kier alpha value is -2.14. The third-order valence-electron chi connectivity index (χ3n) is 2.82. The molecule has 2 aromatic rings. The van der Waals surface area contributed by atoms with E-state index in [2.05, 4.69) is 5.32 Å². The second kappa shape index (κ2) is 6.15. The van der Waals surface area contributed by atoms with E-state index in [9.17, 15) is 10.1 Å². The first kappa shape index (κ1) is 13.3. The molecule has 0 aliphatic rings. The van der Waals surface area contributed by atoms with Crippen LogP contribution >= 0.6 is 0 Å². The smallest absolute Gasteiger partial charge is 0.269 e. The van der Waals surface area contributed by atoms with Gasteiger partial charge in [0.05, 0.1) is 11.5 Å². The highest BCUT2D eigenvalue weighted by molar-refractivity contribution is 5.34. The number of non-ortho nitro benzene ring substituents is 1. The molecule has 0 aliphatic heterocycles. The number of aryl methyl sites for hydroxylation is 1. The molecule has 5 heteroatoms. The van der Waals surface area contributed by atoms with E-state index >= 15 is 0 Å². The molecule has 1 aromatic carbocycles. The number of nitrogens with one attached hydrogen (secondary N) is 1. The van der Waals surface area contributed by atoms with Crippen LogP contribution in [0.1, 0.15) is 24.0 Å². The molecule has 2 rings (SSSR count). The van der Waals surface area contributed by atoms with Crippen molar-refractivity contribution in [1.82, 2.24) is 5.32 Å². The number of nitro benzene ring substituents is 1. The number of furan rings is 1. The summed E-state index contributed by atoms with van der Waals surface area (Å²) < 4.78 is 5.56. The van der Waals surface area contributed by atoms with Crippen LogP contribution in [-0.4, -0.2) is 4.92 Å². The zero-order valence-electron chi connectivity index (χ0n) is 10.8. The van der Waals surface area contributed by atoms with Crippen molar-refractivity contribution < 1.29 is 9.34 Å². The number of rotatable bonds is 6. The van der Waals surface area contributed by atoms with Crippen molar-refractivity contribution in [3.05, 3.63) is 63.6 Å². The SMILES string of the molecule is CCc1ccc(CNCc2cccc([N+](=O)[O-])c2)o1. The van der Waals surface area contributed by atoms with Crippen LogP contribution in [0, 0.1) is 10.1 Å². The van der Waals surface area contributed by atoms with E-state index in [1.54, 1.807) is 12.1 Å². The summed E-state index contributed by atoms with van der Waals surface area (Å²) >= 11 is 0. The molecule has 5 nitrogen and oxygen atoms in total. The normalized spacial score (nSPS) is 10.6. The van der Waals surface area contributed by atoms with Gasteiger partial charge in [-0.25, -0.2) is 0 Å². The van der Waals surface area contributed by atoms with E-state index in [0.717, 1.165) is 23.5 Å². The monoisotopic (exact) mass is 260 g/mol. The first-order valence-electron chi connectivity index (χ1n) is 6.20. The molecular formula is C14H16N2O3. The van der Waals surface area contributed by atoms with Gasteiger partial charge in [-0.05, 0) is 17.7 Å². The quantitative estimate of drug-likeness (QED) is 0.640. The van der Waals surface area contributed by atoms with Crippen LogP contribution in [0.5, 0.6) is 0 Å². The van der Waals surface area contributed by atoms with Crippen molar-refractivity contribution in [2.75, 3.05) is 0 Å². The van der Waals surface area contributed by atoms with Gasteiger partial charge in [0.1, 0.15) is 11.5 Å². The van der Waals surface area contributed by atoms with Crippen LogP contribution in [0.15, 0.2) is 40.8 Å². The summed E-state index contributed by atoms with van der Waals surface area (Å²) in [7, 11) is 0. The van der Waals surface area contributed by atoms with Gasteiger partial charge in [0.2, 0.25) is 0 Å². The Labute approximate surface area is 111 Å². The third kappa shape index (κ3) is 3.66. The van der Waals surface area contributed by atoms with Crippen LogP contribution in [0.4, 0.5) is 5.69 Å². The first-order valence-corrected chi connectivity index (χ1v) is 6.20. The van der Waals surface area contributed by atoms with Crippen LogP contribution in [0.2, 0.25) is 0 Å². The second-order valence-corrected chi connectivity index (χ2v) is 4.25. The van der Waals surface area contributed by atoms with E-state index in [1.165, 1.54) is 6.07 Å². The van der Waals surface area contributed by atoms with Gasteiger partial charge in [-0.1, -0.05) is 19.1 Å². The van der Waals surface area contributed by atoms with E-state index in [-0.39, 0.29) is 10.6 Å². The number of hydrogen-bond donors (Lipinski definition) is 1. The number of benzene rings is 1. The molecule has 19 heavy (non-hydrogen) atoms. The Morgan fingerprint density at radius 2 is 2.00 bits per heavy atom. The molecule has 0 atom stereocenters. The highest BCUT2D eigenvalue weighted by Crippen LogP contribution is 2.13. The van der Waals surface area contributed by atoms with Crippen LogP contribution in [0.3, 0.4) is 0 Å². The molecule has 0 saturated heterocycles. The van der Waals surface area contributed by atoms with E-state index < -0.39 is 0 Å². The number of nitro groups is 1. The fourth-order valence-electron chi connectivity index (χ4n) is 1.82. The molecule has 0 spiro atoms. The zero-order valence-corrected chi connectivity index (χ0v) is 10.8. The molecule has 1 heterocycles. The second-order valence-electron chi connectivity index (χ2n) is 4.25. The average molecular weight is 260 g/mol. The summed E-state index contributed by atoms with van der Waals surface area (Å²) in [4.78, 5) is 10.3. The molecular weight excluding hydrogens is 244 g/mol. The maximum Gasteiger partial charge on any atom is 0.269 e. The molecule has 0 unspecified atom stereocenters. The maximum atomic E-state index is 10.7. The lowest BCUT2D eigenvalue weighted by atomic mass is 10.2. The van der Waals surface area contributed by atoms with Gasteiger partial charge in [0, 0.05) is 25.1 Å². The molecule has 1 N–H and O–H groups in total. The molecule has 0 amide bonds. The lowest BCUT2D eigenvalue weighted by Gasteiger charge is -2.03. The predicted molar refractivity (Wildman–Crippen MR) is 71.7 cm³/mol. The van der Waals surface area contributed by atoms with Gasteiger partial charge >= 0.3 is 0 Å². The molecule has 0 fully saturated rings. The Morgan fingerprint density at radius 1 is 1.21 bits per heavy atom. The lowest BCUT2D eigenvalue weighted by molar-refractivity contribution is -0.384. The fourth-order valence-corrected chi connectivity index (χ4v) is 1.82. The highest BCUT2D eigenvalue weighted by Gasteiger charge is 2.05. The van der Waals surface area contributed by atoms with Gasteiger partial charge in [0.15, 0.2) is 0 Å². The molecule has 0 radical (unpaired) electrons. The molecule has 100 valence electrons. The largest absolute Gasteiger partial charge is 0.465 e. The average Bonchev–Trinajstić information content (AvgIpc) is 2.87. The molecule has 0 saturated carbocycles. The zero-order chi connectivity index (χ0) is 13.7. The van der Waals surface area contributed by atoms with E-state index in [1.807, 2.05) is 25.1 Å². The van der Waals surface area contributed by atoms with Crippen LogP contribution in [-0.2, 0) is 19.5 Å². The molecule has 0 bridgehead atoms. The van der Waals surface area contributed by atoms with Crippen LogP contribution < -0.4 is 5.32 Å². The Bertz CT molecular complexity index is 563. The Morgan fingerprint density at radius 3 is 2.68 bits per heavy atom. The van der Waals surface area contributed by atoms with Crippen molar-refractivity contribution in [2.45, 2.75) is 26.4 Å². The summed E-state index contributed by atoms with van der Waals surface area (Å²) in [5, 5.41) is 13.9. The topological polar surface area (TPSA) is 68.3 Å². The summed E-state index contributed by atoms with van der Waals surface area (Å²) in [6, 6.07) is 10.5. The summed E-state index contributed by atoms with van der Waals surface area (Å²) in [6.45, 7) is 3.23. The first-order chi connectivity index (χ1) is 9.19. The van der Waals surface area contributed by atoms with Gasteiger partial charge in [-0.3, -0.25) is 10.1 Å². The standard InChI is InChI=1S/C14H16N2O3/c1-2-13-6-7-14(19-13)10-15-9-11-4-3-5-12(8-11)16(17)18/h3-8,15H,2,9-10H2,1H3. The van der Waals surface area contributed by atoms with Crippen molar-refractivity contribution in [3.8, 4) is 0 Å². The summed E-state index contributed by atoms with van der Waals surface area (Å²) in [6.07, 6.45) is 0.880. The minimum Gasteiger partial charge on any atom is -0.465 e. The predicted octanol–water partition coefficient (Wildman–Crippen LogP) is 3.04. The van der Waals surface area contributed by atoms with Crippen molar-refractivity contribution >= 4 is 5.69 Å². The minimum atomic E-state index is -0.385. The van der Waals surface area contributed by atoms with Crippen LogP contribution in [0.25, 0.3) is 0 Å².